The fourth-order valence-corrected chi connectivity index (χ4v) is 1.87. The van der Waals surface area contributed by atoms with Gasteiger partial charge in [0.1, 0.15) is 17.4 Å². The first-order valence-electron chi connectivity index (χ1n) is 6.32. The van der Waals surface area contributed by atoms with Gasteiger partial charge in [-0.25, -0.2) is 0 Å². The molecule has 0 saturated carbocycles. The van der Waals surface area contributed by atoms with E-state index < -0.39 is 5.91 Å². The lowest BCUT2D eigenvalue weighted by Crippen LogP contribution is -2.16. The normalized spacial score (nSPS) is 10.8. The molecule has 0 spiro atoms. The summed E-state index contributed by atoms with van der Waals surface area (Å²) in [5.74, 6) is 0.122. The molecule has 6 nitrogen and oxygen atoms in total. The van der Waals surface area contributed by atoms with Crippen LogP contribution in [0.5, 0.6) is 0 Å². The number of amides is 1. The quantitative estimate of drug-likeness (QED) is 0.447. The van der Waals surface area contributed by atoms with Crippen LogP contribution < -0.4 is 16.4 Å². The molecule has 1 aromatic heterocycles. The van der Waals surface area contributed by atoms with Crippen LogP contribution in [0.1, 0.15) is 5.76 Å². The Morgan fingerprint density at radius 1 is 1.45 bits per heavy atom. The number of nitrogens with zero attached hydrogens (tertiary/aromatic N) is 1. The number of nitrogen functional groups attached to an aromatic ring is 1. The molecule has 22 heavy (non-hydrogen) atoms. The average molecular weight is 317 g/mol. The molecule has 1 aromatic carbocycles. The highest BCUT2D eigenvalue weighted by Crippen LogP contribution is 2.24. The number of hydrogen-bond acceptors (Lipinski definition) is 5. The first-order valence-corrected chi connectivity index (χ1v) is 6.70. The minimum absolute atomic E-state index is 0.0838. The lowest BCUT2D eigenvalue weighted by molar-refractivity contribution is -0.112. The van der Waals surface area contributed by atoms with Crippen LogP contribution in [-0.4, -0.2) is 5.91 Å². The molecule has 112 valence electrons. The Morgan fingerprint density at radius 2 is 2.27 bits per heavy atom. The molecule has 4 N–H and O–H groups in total. The smallest absolute Gasteiger partial charge is 0.267 e. The second-order valence-electron chi connectivity index (χ2n) is 4.32. The van der Waals surface area contributed by atoms with Gasteiger partial charge in [0.2, 0.25) is 0 Å². The molecule has 2 rings (SSSR count). The fraction of sp³-hybridized carbons (Fsp3) is 0.0667. The lowest BCUT2D eigenvalue weighted by Gasteiger charge is -2.07. The zero-order valence-corrected chi connectivity index (χ0v) is 12.2. The summed E-state index contributed by atoms with van der Waals surface area (Å²) in [6, 6.07) is 10.0. The molecule has 1 heterocycles. The number of benzene rings is 1. The monoisotopic (exact) mass is 316 g/mol. The van der Waals surface area contributed by atoms with Crippen molar-refractivity contribution in [1.29, 1.82) is 5.26 Å². The molecule has 2 aromatic rings. The van der Waals surface area contributed by atoms with Crippen molar-refractivity contribution in [1.82, 2.24) is 5.32 Å². The van der Waals surface area contributed by atoms with Crippen LogP contribution in [0.3, 0.4) is 0 Å². The Labute approximate surface area is 132 Å². The number of carbonyl (C=O) groups excluding carboxylic acids is 1. The van der Waals surface area contributed by atoms with Crippen molar-refractivity contribution in [3.63, 3.8) is 0 Å². The van der Waals surface area contributed by atoms with E-state index in [9.17, 15) is 4.79 Å². The summed E-state index contributed by atoms with van der Waals surface area (Å²) in [5, 5.41) is 14.7. The van der Waals surface area contributed by atoms with Crippen molar-refractivity contribution >= 4 is 28.9 Å². The van der Waals surface area contributed by atoms with Gasteiger partial charge >= 0.3 is 0 Å². The number of anilines is 2. The molecule has 0 unspecified atom stereocenters. The van der Waals surface area contributed by atoms with Crippen LogP contribution in [0.15, 0.2) is 52.8 Å². The van der Waals surface area contributed by atoms with Gasteiger partial charge in [-0.15, -0.1) is 0 Å². The molecule has 0 aliphatic carbocycles. The van der Waals surface area contributed by atoms with Gasteiger partial charge < -0.3 is 20.8 Å². The van der Waals surface area contributed by atoms with Crippen LogP contribution >= 0.6 is 11.6 Å². The SMILES string of the molecule is N#C/C(=C/NCc1ccco1)C(=O)Nc1ccc(N)cc1Cl. The minimum atomic E-state index is -0.568. The van der Waals surface area contributed by atoms with E-state index >= 15 is 0 Å². The van der Waals surface area contributed by atoms with Gasteiger partial charge in [-0.1, -0.05) is 11.6 Å². The second kappa shape index (κ2) is 7.20. The molecular weight excluding hydrogens is 304 g/mol. The van der Waals surface area contributed by atoms with E-state index in [4.69, 9.17) is 27.0 Å². The number of hydrogen-bond donors (Lipinski definition) is 3. The predicted octanol–water partition coefficient (Wildman–Crippen LogP) is 2.65. The summed E-state index contributed by atoms with van der Waals surface area (Å²) in [6.45, 7) is 0.369. The van der Waals surface area contributed by atoms with Crippen molar-refractivity contribution < 1.29 is 9.21 Å². The van der Waals surface area contributed by atoms with Crippen molar-refractivity contribution in [2.45, 2.75) is 6.54 Å². The highest BCUT2D eigenvalue weighted by atomic mass is 35.5. The first-order chi connectivity index (χ1) is 10.6. The predicted molar refractivity (Wildman–Crippen MR) is 83.7 cm³/mol. The molecule has 0 bridgehead atoms. The Bertz CT molecular complexity index is 732. The number of rotatable bonds is 5. The third-order valence-electron chi connectivity index (χ3n) is 2.71. The third-order valence-corrected chi connectivity index (χ3v) is 3.02. The molecule has 1 amide bonds. The first kappa shape index (κ1) is 15.5. The maximum absolute atomic E-state index is 12.0. The van der Waals surface area contributed by atoms with Gasteiger partial charge in [0.15, 0.2) is 0 Å². The van der Waals surface area contributed by atoms with Crippen LogP contribution in [0, 0.1) is 11.3 Å². The topological polar surface area (TPSA) is 104 Å². The molecule has 0 aliphatic heterocycles. The molecule has 0 radical (unpaired) electrons. The largest absolute Gasteiger partial charge is 0.467 e. The van der Waals surface area contributed by atoms with Crippen molar-refractivity contribution in [3.05, 3.63) is 59.2 Å². The van der Waals surface area contributed by atoms with E-state index in [1.54, 1.807) is 30.5 Å². The maximum atomic E-state index is 12.0. The average Bonchev–Trinajstić information content (AvgIpc) is 2.99. The Kier molecular flexibility index (Phi) is 5.07. The van der Waals surface area contributed by atoms with Crippen LogP contribution in [0.25, 0.3) is 0 Å². The molecule has 0 atom stereocenters. The summed E-state index contributed by atoms with van der Waals surface area (Å²) in [5.41, 5.74) is 6.36. The van der Waals surface area contributed by atoms with Crippen molar-refractivity contribution in [2.24, 2.45) is 0 Å². The number of nitrogens with one attached hydrogen (secondary N) is 2. The van der Waals surface area contributed by atoms with Crippen LogP contribution in [0.4, 0.5) is 11.4 Å². The summed E-state index contributed by atoms with van der Waals surface area (Å²) in [7, 11) is 0. The Morgan fingerprint density at radius 3 is 2.91 bits per heavy atom. The summed E-state index contributed by atoms with van der Waals surface area (Å²) in [4.78, 5) is 12.0. The minimum Gasteiger partial charge on any atom is -0.467 e. The Hall–Kier alpha value is -2.91. The lowest BCUT2D eigenvalue weighted by atomic mass is 10.2. The molecular formula is C15H13ClN4O2. The van der Waals surface area contributed by atoms with Gasteiger partial charge in [-0.3, -0.25) is 4.79 Å². The summed E-state index contributed by atoms with van der Waals surface area (Å²) < 4.78 is 5.13. The zero-order valence-electron chi connectivity index (χ0n) is 11.5. The third kappa shape index (κ3) is 4.04. The number of carbonyl (C=O) groups is 1. The van der Waals surface area contributed by atoms with E-state index in [1.165, 1.54) is 12.3 Å². The second-order valence-corrected chi connectivity index (χ2v) is 4.73. The van der Waals surface area contributed by atoms with Gasteiger partial charge in [-0.05, 0) is 30.3 Å². The van der Waals surface area contributed by atoms with E-state index in [-0.39, 0.29) is 5.57 Å². The van der Waals surface area contributed by atoms with Gasteiger partial charge in [-0.2, -0.15) is 5.26 Å². The van der Waals surface area contributed by atoms with Crippen LogP contribution in [-0.2, 0) is 11.3 Å². The number of nitrogens with two attached hydrogens (primary N) is 1. The van der Waals surface area contributed by atoms with E-state index in [0.29, 0.717) is 28.7 Å². The van der Waals surface area contributed by atoms with E-state index in [0.717, 1.165) is 0 Å². The highest BCUT2D eigenvalue weighted by molar-refractivity contribution is 6.34. The highest BCUT2D eigenvalue weighted by Gasteiger charge is 2.11. The van der Waals surface area contributed by atoms with Crippen molar-refractivity contribution in [2.75, 3.05) is 11.1 Å². The maximum Gasteiger partial charge on any atom is 0.267 e. The molecule has 0 saturated heterocycles. The van der Waals surface area contributed by atoms with Gasteiger partial charge in [0.05, 0.1) is 23.5 Å². The standard InChI is InChI=1S/C15H13ClN4O2/c16-13-6-11(18)3-4-14(13)20-15(21)10(7-17)8-19-9-12-2-1-5-22-12/h1-6,8,19H,9,18H2,(H,20,21)/b10-8-. The van der Waals surface area contributed by atoms with Crippen molar-refractivity contribution in [3.8, 4) is 6.07 Å². The van der Waals surface area contributed by atoms with E-state index in [2.05, 4.69) is 10.6 Å². The van der Waals surface area contributed by atoms with Crippen LogP contribution in [0.2, 0.25) is 5.02 Å². The molecule has 7 heteroatoms. The fourth-order valence-electron chi connectivity index (χ4n) is 1.64. The summed E-state index contributed by atoms with van der Waals surface area (Å²) in [6.07, 6.45) is 2.87. The Balaban J connectivity index is 2.00. The number of nitriles is 1. The molecule has 0 fully saturated rings. The summed E-state index contributed by atoms with van der Waals surface area (Å²) >= 11 is 5.97. The number of halogens is 1. The van der Waals surface area contributed by atoms with E-state index in [1.807, 2.05) is 6.07 Å². The van der Waals surface area contributed by atoms with Gasteiger partial charge in [0.25, 0.3) is 5.91 Å². The zero-order chi connectivity index (χ0) is 15.9. The van der Waals surface area contributed by atoms with Gasteiger partial charge in [0, 0.05) is 11.9 Å². The molecule has 0 aliphatic rings. The number of furan rings is 1.